The van der Waals surface area contributed by atoms with Crippen LogP contribution in [0, 0.1) is 0 Å². The van der Waals surface area contributed by atoms with Crippen LogP contribution >= 0.6 is 11.6 Å². The molecular formula is C15H21ClO3. The Kier molecular flexibility index (Phi) is 5.08. The Morgan fingerprint density at radius 3 is 2.89 bits per heavy atom. The standard InChI is InChI=1S/C15H21ClO3/c1-3-14(18-4-2)13(17)9-11-8-12(16)7-10-5-6-19-15(10)11/h7-8,13-14,17H,3-6,9H2,1-2H3. The second kappa shape index (κ2) is 6.60. The molecule has 106 valence electrons. The van der Waals surface area contributed by atoms with Gasteiger partial charge in [-0.25, -0.2) is 0 Å². The SMILES string of the molecule is CCOC(CC)C(O)Cc1cc(Cl)cc2c1OCC2. The third-order valence-corrected chi connectivity index (χ3v) is 3.68. The lowest BCUT2D eigenvalue weighted by Crippen LogP contribution is -2.30. The van der Waals surface area contributed by atoms with Crippen molar-refractivity contribution >= 4 is 11.6 Å². The number of benzene rings is 1. The normalized spacial score (nSPS) is 16.8. The third-order valence-electron chi connectivity index (χ3n) is 3.47. The molecule has 0 radical (unpaired) electrons. The van der Waals surface area contributed by atoms with Crippen molar-refractivity contribution < 1.29 is 14.6 Å². The molecule has 0 bridgehead atoms. The van der Waals surface area contributed by atoms with Crippen molar-refractivity contribution in [2.24, 2.45) is 0 Å². The number of aliphatic hydroxyl groups excluding tert-OH is 1. The van der Waals surface area contributed by atoms with Gasteiger partial charge in [-0.2, -0.15) is 0 Å². The third kappa shape index (κ3) is 3.41. The molecule has 1 aliphatic heterocycles. The van der Waals surface area contributed by atoms with E-state index in [0.29, 0.717) is 24.7 Å². The van der Waals surface area contributed by atoms with Gasteiger partial charge in [-0.3, -0.25) is 0 Å². The molecule has 2 rings (SSSR count). The molecule has 0 amide bonds. The van der Waals surface area contributed by atoms with Crippen molar-refractivity contribution in [3.05, 3.63) is 28.3 Å². The molecule has 3 nitrogen and oxygen atoms in total. The Bertz CT molecular complexity index is 434. The van der Waals surface area contributed by atoms with Gasteiger partial charge >= 0.3 is 0 Å². The van der Waals surface area contributed by atoms with Gasteiger partial charge in [-0.15, -0.1) is 0 Å². The first kappa shape index (κ1) is 14.6. The summed E-state index contributed by atoms with van der Waals surface area (Å²) in [4.78, 5) is 0. The Hall–Kier alpha value is -0.770. The van der Waals surface area contributed by atoms with E-state index < -0.39 is 6.10 Å². The van der Waals surface area contributed by atoms with E-state index >= 15 is 0 Å². The van der Waals surface area contributed by atoms with Crippen LogP contribution in [0.15, 0.2) is 12.1 Å². The summed E-state index contributed by atoms with van der Waals surface area (Å²) in [6.07, 6.45) is 1.53. The van der Waals surface area contributed by atoms with Gasteiger partial charge in [0.05, 0.1) is 18.8 Å². The maximum atomic E-state index is 10.3. The predicted octanol–water partition coefficient (Wildman–Crippen LogP) is 2.99. The maximum absolute atomic E-state index is 10.3. The summed E-state index contributed by atoms with van der Waals surface area (Å²) in [5, 5.41) is 11.0. The van der Waals surface area contributed by atoms with Crippen LogP contribution in [0.25, 0.3) is 0 Å². The minimum absolute atomic E-state index is 0.138. The van der Waals surface area contributed by atoms with Crippen molar-refractivity contribution in [1.82, 2.24) is 0 Å². The number of halogens is 1. The number of fused-ring (bicyclic) bond motifs is 1. The second-order valence-corrected chi connectivity index (χ2v) is 5.26. The van der Waals surface area contributed by atoms with Crippen LogP contribution in [0.1, 0.15) is 31.4 Å². The lowest BCUT2D eigenvalue weighted by molar-refractivity contribution is -0.0336. The van der Waals surface area contributed by atoms with Crippen molar-refractivity contribution in [1.29, 1.82) is 0 Å². The van der Waals surface area contributed by atoms with Crippen LogP contribution in [-0.4, -0.2) is 30.5 Å². The Morgan fingerprint density at radius 2 is 2.21 bits per heavy atom. The lowest BCUT2D eigenvalue weighted by Gasteiger charge is -2.22. The van der Waals surface area contributed by atoms with E-state index in [4.69, 9.17) is 21.1 Å². The molecule has 1 aromatic rings. The minimum atomic E-state index is -0.531. The second-order valence-electron chi connectivity index (χ2n) is 4.83. The van der Waals surface area contributed by atoms with Gasteiger partial charge in [-0.1, -0.05) is 18.5 Å². The highest BCUT2D eigenvalue weighted by Gasteiger charge is 2.23. The predicted molar refractivity (Wildman–Crippen MR) is 76.1 cm³/mol. The monoisotopic (exact) mass is 284 g/mol. The van der Waals surface area contributed by atoms with E-state index in [1.165, 1.54) is 0 Å². The molecule has 2 atom stereocenters. The number of ether oxygens (including phenoxy) is 2. The molecule has 0 aromatic heterocycles. The summed E-state index contributed by atoms with van der Waals surface area (Å²) >= 11 is 6.12. The first-order chi connectivity index (χ1) is 9.15. The lowest BCUT2D eigenvalue weighted by atomic mass is 9.99. The van der Waals surface area contributed by atoms with E-state index in [1.54, 1.807) is 0 Å². The molecule has 2 unspecified atom stereocenters. The van der Waals surface area contributed by atoms with Crippen molar-refractivity contribution in [2.75, 3.05) is 13.2 Å². The first-order valence-electron chi connectivity index (χ1n) is 6.89. The van der Waals surface area contributed by atoms with Gasteiger partial charge in [0, 0.05) is 24.5 Å². The fraction of sp³-hybridized carbons (Fsp3) is 0.600. The van der Waals surface area contributed by atoms with Gasteiger partial charge in [0.25, 0.3) is 0 Å². The molecular weight excluding hydrogens is 264 g/mol. The zero-order valence-corrected chi connectivity index (χ0v) is 12.2. The average Bonchev–Trinajstić information content (AvgIpc) is 2.83. The summed E-state index contributed by atoms with van der Waals surface area (Å²) in [5.41, 5.74) is 2.12. The van der Waals surface area contributed by atoms with E-state index in [0.717, 1.165) is 29.7 Å². The van der Waals surface area contributed by atoms with Crippen LogP contribution in [0.3, 0.4) is 0 Å². The van der Waals surface area contributed by atoms with Crippen LogP contribution in [0.5, 0.6) is 5.75 Å². The summed E-state index contributed by atoms with van der Waals surface area (Å²) in [5.74, 6) is 0.898. The van der Waals surface area contributed by atoms with Crippen LogP contribution < -0.4 is 4.74 Å². The molecule has 1 heterocycles. The molecule has 0 saturated carbocycles. The molecule has 1 N–H and O–H groups in total. The topological polar surface area (TPSA) is 38.7 Å². The Morgan fingerprint density at radius 1 is 1.42 bits per heavy atom. The highest BCUT2D eigenvalue weighted by Crippen LogP contribution is 2.34. The molecule has 0 saturated heterocycles. The van der Waals surface area contributed by atoms with Gasteiger partial charge in [-0.05, 0) is 36.6 Å². The van der Waals surface area contributed by atoms with Crippen LogP contribution in [0.2, 0.25) is 5.02 Å². The number of hydrogen-bond acceptors (Lipinski definition) is 3. The molecule has 0 spiro atoms. The molecule has 0 aliphatic carbocycles. The smallest absolute Gasteiger partial charge is 0.126 e. The van der Waals surface area contributed by atoms with E-state index in [2.05, 4.69) is 0 Å². The fourth-order valence-corrected chi connectivity index (χ4v) is 2.83. The van der Waals surface area contributed by atoms with E-state index in [-0.39, 0.29) is 6.10 Å². The van der Waals surface area contributed by atoms with E-state index in [1.807, 2.05) is 26.0 Å². The highest BCUT2D eigenvalue weighted by molar-refractivity contribution is 6.30. The zero-order chi connectivity index (χ0) is 13.8. The van der Waals surface area contributed by atoms with Crippen molar-refractivity contribution in [2.45, 2.75) is 45.3 Å². The molecule has 0 fully saturated rings. The summed E-state index contributed by atoms with van der Waals surface area (Å²) in [7, 11) is 0. The first-order valence-corrected chi connectivity index (χ1v) is 7.27. The zero-order valence-electron chi connectivity index (χ0n) is 11.5. The molecule has 1 aliphatic rings. The summed E-state index contributed by atoms with van der Waals surface area (Å²) in [6.45, 7) is 5.26. The highest BCUT2D eigenvalue weighted by atomic mass is 35.5. The van der Waals surface area contributed by atoms with E-state index in [9.17, 15) is 5.11 Å². The van der Waals surface area contributed by atoms with Gasteiger partial charge in [0.2, 0.25) is 0 Å². The number of hydrogen-bond donors (Lipinski definition) is 1. The molecule has 4 heteroatoms. The number of aliphatic hydroxyl groups is 1. The largest absolute Gasteiger partial charge is 0.493 e. The van der Waals surface area contributed by atoms with Crippen molar-refractivity contribution in [3.8, 4) is 5.75 Å². The summed E-state index contributed by atoms with van der Waals surface area (Å²) < 4.78 is 11.2. The summed E-state index contributed by atoms with van der Waals surface area (Å²) in [6, 6.07) is 3.83. The molecule has 1 aromatic carbocycles. The number of rotatable bonds is 6. The van der Waals surface area contributed by atoms with Crippen LogP contribution in [-0.2, 0) is 17.6 Å². The van der Waals surface area contributed by atoms with Crippen molar-refractivity contribution in [3.63, 3.8) is 0 Å². The fourth-order valence-electron chi connectivity index (χ4n) is 2.57. The maximum Gasteiger partial charge on any atom is 0.126 e. The van der Waals surface area contributed by atoms with Gasteiger partial charge in [0.1, 0.15) is 5.75 Å². The Labute approximate surface area is 119 Å². The molecule has 19 heavy (non-hydrogen) atoms. The van der Waals surface area contributed by atoms with Gasteiger partial charge in [0.15, 0.2) is 0 Å². The van der Waals surface area contributed by atoms with Gasteiger partial charge < -0.3 is 14.6 Å². The van der Waals surface area contributed by atoms with Crippen LogP contribution in [0.4, 0.5) is 0 Å². The minimum Gasteiger partial charge on any atom is -0.493 e. The average molecular weight is 285 g/mol. The Balaban J connectivity index is 2.14. The quantitative estimate of drug-likeness (QED) is 0.873.